The predicted molar refractivity (Wildman–Crippen MR) is 143 cm³/mol. The molecule has 2 heterocycles. The Kier molecular flexibility index (Phi) is 6.41. The SMILES string of the molecule is CC1CN=C(c2ccc(NC(=O)C3=CCC(C(=O)Nc4ccccc4)(C4=NCC(C)N4)C=C3)cc2)N1. The lowest BCUT2D eigenvalue weighted by atomic mass is 9.77. The maximum Gasteiger partial charge on any atom is 0.255 e. The highest BCUT2D eigenvalue weighted by molar-refractivity contribution is 6.16. The number of rotatable bonds is 6. The van der Waals surface area contributed by atoms with E-state index < -0.39 is 5.41 Å². The van der Waals surface area contributed by atoms with Crippen molar-refractivity contribution < 1.29 is 9.59 Å². The third-order valence-electron chi connectivity index (χ3n) is 6.54. The van der Waals surface area contributed by atoms with E-state index in [0.29, 0.717) is 41.8 Å². The minimum atomic E-state index is -1.00. The molecule has 3 unspecified atom stereocenters. The quantitative estimate of drug-likeness (QED) is 0.507. The molecule has 1 aliphatic carbocycles. The van der Waals surface area contributed by atoms with Crippen LogP contribution >= 0.6 is 0 Å². The van der Waals surface area contributed by atoms with Crippen molar-refractivity contribution in [3.8, 4) is 0 Å². The summed E-state index contributed by atoms with van der Waals surface area (Å²) in [5.41, 5.74) is 1.90. The van der Waals surface area contributed by atoms with Crippen molar-refractivity contribution >= 4 is 34.9 Å². The third-order valence-corrected chi connectivity index (χ3v) is 6.54. The minimum absolute atomic E-state index is 0.153. The molecule has 3 aliphatic rings. The zero-order chi connectivity index (χ0) is 25.1. The van der Waals surface area contributed by atoms with E-state index in [1.54, 1.807) is 18.2 Å². The molecule has 0 saturated carbocycles. The zero-order valence-corrected chi connectivity index (χ0v) is 20.4. The van der Waals surface area contributed by atoms with Gasteiger partial charge < -0.3 is 21.3 Å². The highest BCUT2D eigenvalue weighted by atomic mass is 16.2. The average Bonchev–Trinajstić information content (AvgIpc) is 3.53. The van der Waals surface area contributed by atoms with Crippen LogP contribution in [0.2, 0.25) is 0 Å². The number of hydrogen-bond donors (Lipinski definition) is 4. The molecule has 8 heteroatoms. The average molecular weight is 483 g/mol. The Morgan fingerprint density at radius 2 is 1.58 bits per heavy atom. The number of carbonyl (C=O) groups is 2. The lowest BCUT2D eigenvalue weighted by molar-refractivity contribution is -0.120. The molecular formula is C28H30N6O2. The van der Waals surface area contributed by atoms with E-state index in [-0.39, 0.29) is 17.9 Å². The van der Waals surface area contributed by atoms with Gasteiger partial charge >= 0.3 is 0 Å². The fourth-order valence-electron chi connectivity index (χ4n) is 4.49. The number of nitrogens with one attached hydrogen (secondary N) is 4. The molecule has 36 heavy (non-hydrogen) atoms. The van der Waals surface area contributed by atoms with Crippen LogP contribution in [-0.4, -0.2) is 48.7 Å². The molecule has 4 N–H and O–H groups in total. The van der Waals surface area contributed by atoms with Gasteiger partial charge in [-0.05, 0) is 56.7 Å². The number of carbonyl (C=O) groups excluding carboxylic acids is 2. The van der Waals surface area contributed by atoms with Crippen LogP contribution < -0.4 is 21.3 Å². The van der Waals surface area contributed by atoms with E-state index in [0.717, 1.165) is 17.9 Å². The van der Waals surface area contributed by atoms with Crippen LogP contribution in [0.1, 0.15) is 25.8 Å². The number of nitrogens with zero attached hydrogens (tertiary/aromatic N) is 2. The van der Waals surface area contributed by atoms with Gasteiger partial charge in [-0.1, -0.05) is 36.4 Å². The summed E-state index contributed by atoms with van der Waals surface area (Å²) >= 11 is 0. The normalized spacial score (nSPS) is 24.7. The van der Waals surface area contributed by atoms with Gasteiger partial charge in [0.05, 0.1) is 13.1 Å². The molecule has 0 fully saturated rings. The number of para-hydroxylation sites is 1. The summed E-state index contributed by atoms with van der Waals surface area (Å²) in [7, 11) is 0. The van der Waals surface area contributed by atoms with E-state index >= 15 is 0 Å². The summed E-state index contributed by atoms with van der Waals surface area (Å²) in [4.78, 5) is 35.6. The first kappa shape index (κ1) is 23.5. The lowest BCUT2D eigenvalue weighted by Crippen LogP contribution is -2.48. The molecule has 2 aromatic rings. The fraction of sp³-hybridized carbons (Fsp3) is 0.286. The number of benzene rings is 2. The van der Waals surface area contributed by atoms with Gasteiger partial charge in [-0.3, -0.25) is 19.6 Å². The van der Waals surface area contributed by atoms with E-state index in [4.69, 9.17) is 0 Å². The maximum atomic E-state index is 13.5. The van der Waals surface area contributed by atoms with Crippen molar-refractivity contribution in [2.75, 3.05) is 23.7 Å². The van der Waals surface area contributed by atoms with Crippen molar-refractivity contribution in [2.24, 2.45) is 15.4 Å². The lowest BCUT2D eigenvalue weighted by Gasteiger charge is -2.31. The molecule has 0 bridgehead atoms. The third kappa shape index (κ3) is 4.79. The van der Waals surface area contributed by atoms with Gasteiger partial charge in [0.2, 0.25) is 5.91 Å². The summed E-state index contributed by atoms with van der Waals surface area (Å²) < 4.78 is 0. The zero-order valence-electron chi connectivity index (χ0n) is 20.4. The molecule has 0 spiro atoms. The monoisotopic (exact) mass is 482 g/mol. The Morgan fingerprint density at radius 3 is 2.19 bits per heavy atom. The van der Waals surface area contributed by atoms with Crippen molar-refractivity contribution in [2.45, 2.75) is 32.4 Å². The summed E-state index contributed by atoms with van der Waals surface area (Å²) in [6.45, 7) is 5.49. The van der Waals surface area contributed by atoms with E-state index in [9.17, 15) is 9.59 Å². The van der Waals surface area contributed by atoms with Crippen LogP contribution in [0.25, 0.3) is 0 Å². The molecule has 0 saturated heterocycles. The number of amidine groups is 2. The van der Waals surface area contributed by atoms with Crippen LogP contribution in [0, 0.1) is 5.41 Å². The molecule has 3 atom stereocenters. The summed E-state index contributed by atoms with van der Waals surface area (Å²) in [6.07, 6.45) is 5.63. The Labute approximate surface area is 210 Å². The first-order valence-electron chi connectivity index (χ1n) is 12.2. The molecule has 2 aromatic carbocycles. The van der Waals surface area contributed by atoms with Crippen molar-refractivity contribution in [1.29, 1.82) is 0 Å². The maximum absolute atomic E-state index is 13.5. The molecule has 184 valence electrons. The van der Waals surface area contributed by atoms with Gasteiger partial charge in [-0.15, -0.1) is 0 Å². The van der Waals surface area contributed by atoms with Gasteiger partial charge in [0, 0.05) is 34.6 Å². The van der Waals surface area contributed by atoms with Crippen LogP contribution in [0.15, 0.2) is 88.4 Å². The smallest absolute Gasteiger partial charge is 0.255 e. The van der Waals surface area contributed by atoms with E-state index in [1.807, 2.05) is 61.5 Å². The van der Waals surface area contributed by atoms with Gasteiger partial charge in [-0.2, -0.15) is 0 Å². The minimum Gasteiger partial charge on any atom is -0.368 e. The highest BCUT2D eigenvalue weighted by Gasteiger charge is 2.44. The predicted octanol–water partition coefficient (Wildman–Crippen LogP) is 3.27. The largest absolute Gasteiger partial charge is 0.368 e. The van der Waals surface area contributed by atoms with Crippen molar-refractivity contribution in [3.05, 3.63) is 84.0 Å². The number of anilines is 2. The number of hydrogen-bond acceptors (Lipinski definition) is 6. The van der Waals surface area contributed by atoms with Gasteiger partial charge in [0.25, 0.3) is 5.91 Å². The van der Waals surface area contributed by atoms with Crippen LogP contribution in [0.5, 0.6) is 0 Å². The molecule has 2 aliphatic heterocycles. The van der Waals surface area contributed by atoms with E-state index in [1.165, 1.54) is 0 Å². The Bertz CT molecular complexity index is 1280. The van der Waals surface area contributed by atoms with Crippen LogP contribution in [0.3, 0.4) is 0 Å². The molecule has 5 rings (SSSR count). The first-order valence-corrected chi connectivity index (χ1v) is 12.2. The second-order valence-corrected chi connectivity index (χ2v) is 9.49. The Morgan fingerprint density at radius 1 is 0.889 bits per heavy atom. The van der Waals surface area contributed by atoms with E-state index in [2.05, 4.69) is 38.2 Å². The molecular weight excluding hydrogens is 452 g/mol. The molecule has 0 aromatic heterocycles. The topological polar surface area (TPSA) is 107 Å². The highest BCUT2D eigenvalue weighted by Crippen LogP contribution is 2.34. The van der Waals surface area contributed by atoms with Gasteiger partial charge in [-0.25, -0.2) is 0 Å². The Balaban J connectivity index is 1.29. The van der Waals surface area contributed by atoms with Crippen LogP contribution in [0.4, 0.5) is 11.4 Å². The molecule has 8 nitrogen and oxygen atoms in total. The summed E-state index contributed by atoms with van der Waals surface area (Å²) in [5.74, 6) is 1.09. The van der Waals surface area contributed by atoms with Gasteiger partial charge in [0.15, 0.2) is 0 Å². The number of amides is 2. The van der Waals surface area contributed by atoms with Crippen molar-refractivity contribution in [1.82, 2.24) is 10.6 Å². The standard InChI is InChI=1S/C28H30N6O2/c1-18-16-29-24(31-18)20-8-10-23(11-9-20)33-25(35)21-12-14-28(15-13-21,26-30-17-19(2)32-26)27(36)34-22-6-4-3-5-7-22/h3-14,18-19H,15-17H2,1-2H3,(H,29,31)(H,30,32)(H,33,35)(H,34,36). The fourth-order valence-corrected chi connectivity index (χ4v) is 4.49. The summed E-state index contributed by atoms with van der Waals surface area (Å²) in [6, 6.07) is 17.4. The molecule has 0 radical (unpaired) electrons. The first-order chi connectivity index (χ1) is 17.4. The molecule has 2 amide bonds. The second-order valence-electron chi connectivity index (χ2n) is 9.49. The Hall–Kier alpha value is -4.20. The second kappa shape index (κ2) is 9.81. The number of allylic oxidation sites excluding steroid dienone is 1. The van der Waals surface area contributed by atoms with Crippen LogP contribution in [-0.2, 0) is 9.59 Å². The van der Waals surface area contributed by atoms with Gasteiger partial charge in [0.1, 0.15) is 17.1 Å². The summed E-state index contributed by atoms with van der Waals surface area (Å²) in [5, 5.41) is 12.6. The number of aliphatic imine (C=N–C) groups is 2. The van der Waals surface area contributed by atoms with Crippen molar-refractivity contribution in [3.63, 3.8) is 0 Å².